The van der Waals surface area contributed by atoms with Crippen molar-refractivity contribution in [2.45, 2.75) is 30.4 Å². The average Bonchev–Trinajstić information content (AvgIpc) is 3.53. The summed E-state index contributed by atoms with van der Waals surface area (Å²) in [6.07, 6.45) is -0.172. The van der Waals surface area contributed by atoms with Crippen molar-refractivity contribution in [3.8, 4) is 11.5 Å². The van der Waals surface area contributed by atoms with Gasteiger partial charge in [-0.15, -0.1) is 0 Å². The van der Waals surface area contributed by atoms with Gasteiger partial charge in [0, 0.05) is 0 Å². The zero-order chi connectivity index (χ0) is 29.3. The molecule has 6 rings (SSSR count). The van der Waals surface area contributed by atoms with Gasteiger partial charge in [-0.1, -0.05) is 55.5 Å². The molecule has 2 heterocycles. The molecule has 10 heteroatoms. The maximum atomic E-state index is 13.9. The van der Waals surface area contributed by atoms with E-state index in [0.717, 1.165) is 11.3 Å². The van der Waals surface area contributed by atoms with Crippen molar-refractivity contribution in [2.24, 2.45) is 5.92 Å². The predicted molar refractivity (Wildman–Crippen MR) is 155 cm³/mol. The van der Waals surface area contributed by atoms with Crippen LogP contribution >= 0.6 is 0 Å². The number of hydrogen-bond donors (Lipinski definition) is 0. The molecule has 2 saturated heterocycles. The molecule has 42 heavy (non-hydrogen) atoms. The fraction of sp³-hybridized carbons (Fsp3) is 0.188. The van der Waals surface area contributed by atoms with E-state index in [1.165, 1.54) is 24.3 Å². The maximum Gasteiger partial charge on any atom is 0.339 e. The van der Waals surface area contributed by atoms with Crippen molar-refractivity contribution < 1.29 is 31.8 Å². The molecule has 0 N–H and O–H groups in total. The number of anilines is 2. The van der Waals surface area contributed by atoms with Gasteiger partial charge in [-0.2, -0.15) is 8.42 Å². The van der Waals surface area contributed by atoms with E-state index in [1.54, 1.807) is 59.7 Å². The van der Waals surface area contributed by atoms with Crippen LogP contribution in [0.25, 0.3) is 0 Å². The summed E-state index contributed by atoms with van der Waals surface area (Å²) in [4.78, 5) is 34.9. The van der Waals surface area contributed by atoms with Gasteiger partial charge in [0.1, 0.15) is 22.3 Å². The fourth-order valence-electron chi connectivity index (χ4n) is 5.20. The number of benzene rings is 4. The Bertz CT molecular complexity index is 1680. The van der Waals surface area contributed by atoms with Crippen molar-refractivity contribution in [3.63, 3.8) is 0 Å². The molecular formula is C32H28N2O7S. The number of ether oxygens (including phenoxy) is 1. The third-order valence-corrected chi connectivity index (χ3v) is 8.41. The highest BCUT2D eigenvalue weighted by atomic mass is 32.2. The lowest BCUT2D eigenvalue weighted by Gasteiger charge is -2.28. The zero-order valence-electron chi connectivity index (χ0n) is 22.7. The van der Waals surface area contributed by atoms with E-state index in [2.05, 4.69) is 0 Å². The molecule has 9 nitrogen and oxygen atoms in total. The topological polar surface area (TPSA) is 102 Å². The average molecular weight is 585 g/mol. The van der Waals surface area contributed by atoms with Crippen LogP contribution in [-0.2, 0) is 24.5 Å². The summed E-state index contributed by atoms with van der Waals surface area (Å²) in [5.74, 6) is -0.910. The van der Waals surface area contributed by atoms with Crippen molar-refractivity contribution in [2.75, 3.05) is 16.6 Å². The van der Waals surface area contributed by atoms with Crippen LogP contribution in [0.15, 0.2) is 114 Å². The number of nitrogens with zero attached hydrogens (tertiary/aromatic N) is 2. The van der Waals surface area contributed by atoms with Crippen LogP contribution in [0.4, 0.5) is 11.4 Å². The van der Waals surface area contributed by atoms with Crippen molar-refractivity contribution in [1.82, 2.24) is 0 Å². The summed E-state index contributed by atoms with van der Waals surface area (Å²) in [7, 11) is -4.03. The Hall–Kier alpha value is -4.67. The number of hydrogen-bond acceptors (Lipinski definition) is 8. The molecule has 3 atom stereocenters. The molecule has 0 radical (unpaired) electrons. The summed E-state index contributed by atoms with van der Waals surface area (Å²) in [5, 5.41) is 1.58. The van der Waals surface area contributed by atoms with Gasteiger partial charge < -0.3 is 8.92 Å². The molecule has 4 aromatic rings. The highest BCUT2D eigenvalue weighted by Gasteiger charge is 2.60. The number of imide groups is 1. The highest BCUT2D eigenvalue weighted by molar-refractivity contribution is 7.87. The van der Waals surface area contributed by atoms with Crippen molar-refractivity contribution in [1.29, 1.82) is 0 Å². The summed E-state index contributed by atoms with van der Waals surface area (Å²) in [6.45, 7) is 2.58. The number of rotatable bonds is 9. The molecule has 0 aromatic heterocycles. The Labute approximate surface area is 243 Å². The largest absolute Gasteiger partial charge is 0.494 e. The van der Waals surface area contributed by atoms with E-state index in [9.17, 15) is 18.0 Å². The van der Waals surface area contributed by atoms with Gasteiger partial charge in [0.15, 0.2) is 6.10 Å². The van der Waals surface area contributed by atoms with Crippen LogP contribution in [0.2, 0.25) is 0 Å². The number of para-hydroxylation sites is 1. The Morgan fingerprint density at radius 1 is 0.738 bits per heavy atom. The summed E-state index contributed by atoms with van der Waals surface area (Å²) >= 11 is 0. The quantitative estimate of drug-likeness (QED) is 0.193. The molecule has 2 aliphatic rings. The molecule has 0 unspecified atom stereocenters. The molecule has 2 fully saturated rings. The number of amides is 2. The smallest absolute Gasteiger partial charge is 0.339 e. The van der Waals surface area contributed by atoms with Crippen LogP contribution in [0, 0.1) is 5.92 Å². The lowest BCUT2D eigenvalue weighted by molar-refractivity contribution is -0.126. The molecule has 0 spiro atoms. The van der Waals surface area contributed by atoms with E-state index in [-0.39, 0.29) is 16.6 Å². The van der Waals surface area contributed by atoms with Gasteiger partial charge in [0.2, 0.25) is 5.91 Å². The Kier molecular flexibility index (Phi) is 7.40. The molecular weight excluding hydrogens is 556 g/mol. The Balaban J connectivity index is 1.30. The fourth-order valence-corrected chi connectivity index (χ4v) is 6.15. The first-order valence-electron chi connectivity index (χ1n) is 13.6. The van der Waals surface area contributed by atoms with Crippen LogP contribution in [-0.4, -0.2) is 32.9 Å². The van der Waals surface area contributed by atoms with Gasteiger partial charge in [-0.25, -0.2) is 9.96 Å². The van der Waals surface area contributed by atoms with Crippen LogP contribution < -0.4 is 18.9 Å². The standard InChI is InChI=1S/C32H28N2O7S/c1-2-21-39-25-19-15-23(16-20-25)33-31(35)28-29(34(40-30(28)32(33)36)24-9-5-3-6-10-24)22-13-17-26(18-14-22)41-42(37,38)27-11-7-4-8-12-27/h3-20,28-30H,2,21H2,1H3/t28-,29+,30-/m1/s1. The highest BCUT2D eigenvalue weighted by Crippen LogP contribution is 2.47. The van der Waals surface area contributed by atoms with Crippen LogP contribution in [0.1, 0.15) is 24.9 Å². The first kappa shape index (κ1) is 27.5. The first-order valence-corrected chi connectivity index (χ1v) is 15.0. The SMILES string of the molecule is CCCOc1ccc(N2C(=O)[C@H]3[C@@H](ON(c4ccccc4)[C@H]3c3ccc(OS(=O)(=O)c4ccccc4)cc3)C2=O)cc1. The normalized spacial score (nSPS) is 20.1. The summed E-state index contributed by atoms with van der Waals surface area (Å²) < 4.78 is 36.4. The second-order valence-electron chi connectivity index (χ2n) is 9.93. The van der Waals surface area contributed by atoms with Crippen molar-refractivity contribution >= 4 is 33.3 Å². The molecule has 4 aromatic carbocycles. The minimum absolute atomic E-state index is 0.0384. The van der Waals surface area contributed by atoms with Crippen molar-refractivity contribution in [3.05, 3.63) is 115 Å². The Morgan fingerprint density at radius 2 is 1.36 bits per heavy atom. The predicted octanol–water partition coefficient (Wildman–Crippen LogP) is 5.29. The molecule has 0 saturated carbocycles. The zero-order valence-corrected chi connectivity index (χ0v) is 23.5. The lowest BCUT2D eigenvalue weighted by Crippen LogP contribution is -2.37. The first-order chi connectivity index (χ1) is 20.4. The lowest BCUT2D eigenvalue weighted by atomic mass is 9.90. The van der Waals surface area contributed by atoms with E-state index in [4.69, 9.17) is 13.8 Å². The number of carbonyl (C=O) groups excluding carboxylic acids is 2. The summed E-state index contributed by atoms with van der Waals surface area (Å²) in [5.41, 5.74) is 1.77. The molecule has 2 aliphatic heterocycles. The van der Waals surface area contributed by atoms with E-state index >= 15 is 0 Å². The molecule has 2 amide bonds. The second kappa shape index (κ2) is 11.3. The summed E-state index contributed by atoms with van der Waals surface area (Å²) in [6, 6.07) is 29.7. The molecule has 0 aliphatic carbocycles. The third-order valence-electron chi connectivity index (χ3n) is 7.15. The number of fused-ring (bicyclic) bond motifs is 1. The minimum Gasteiger partial charge on any atom is -0.494 e. The van der Waals surface area contributed by atoms with Gasteiger partial charge >= 0.3 is 10.1 Å². The van der Waals surface area contributed by atoms with Gasteiger partial charge in [0.25, 0.3) is 5.91 Å². The molecule has 214 valence electrons. The van der Waals surface area contributed by atoms with Gasteiger partial charge in [0.05, 0.1) is 24.0 Å². The maximum absolute atomic E-state index is 13.9. The second-order valence-corrected chi connectivity index (χ2v) is 11.5. The number of hydroxylamine groups is 1. The van der Waals surface area contributed by atoms with E-state index in [0.29, 0.717) is 29.3 Å². The van der Waals surface area contributed by atoms with Gasteiger partial charge in [-0.3, -0.25) is 14.4 Å². The van der Waals surface area contributed by atoms with E-state index < -0.39 is 34.1 Å². The van der Waals surface area contributed by atoms with E-state index in [1.807, 2.05) is 37.3 Å². The van der Waals surface area contributed by atoms with Gasteiger partial charge in [-0.05, 0) is 72.6 Å². The van der Waals surface area contributed by atoms with Crippen LogP contribution in [0.3, 0.4) is 0 Å². The monoisotopic (exact) mass is 584 g/mol. The minimum atomic E-state index is -4.03. The number of carbonyl (C=O) groups is 2. The Morgan fingerprint density at radius 3 is 2.00 bits per heavy atom. The van der Waals surface area contributed by atoms with Crippen LogP contribution in [0.5, 0.6) is 11.5 Å². The third kappa shape index (κ3) is 5.10. The molecule has 0 bridgehead atoms.